The van der Waals surface area contributed by atoms with E-state index in [0.717, 1.165) is 31.0 Å². The molecule has 4 heteroatoms. The fourth-order valence-electron chi connectivity index (χ4n) is 2.19. The quantitative estimate of drug-likeness (QED) is 0.807. The Morgan fingerprint density at radius 1 is 1.22 bits per heavy atom. The third-order valence-electron chi connectivity index (χ3n) is 3.15. The molecule has 1 aromatic heterocycles. The van der Waals surface area contributed by atoms with Crippen molar-refractivity contribution in [3.05, 3.63) is 12.4 Å². The molecule has 4 nitrogen and oxygen atoms in total. The third-order valence-corrected chi connectivity index (χ3v) is 3.15. The van der Waals surface area contributed by atoms with Crippen LogP contribution in [0, 0.1) is 5.92 Å². The number of rotatable bonds is 7. The van der Waals surface area contributed by atoms with E-state index >= 15 is 0 Å². The average Bonchev–Trinajstić information content (AvgIpc) is 2.38. The van der Waals surface area contributed by atoms with Crippen molar-refractivity contribution in [2.45, 2.75) is 46.6 Å². The van der Waals surface area contributed by atoms with Gasteiger partial charge in [-0.05, 0) is 18.8 Å². The normalized spacial score (nSPS) is 11.1. The van der Waals surface area contributed by atoms with Crippen molar-refractivity contribution in [2.75, 3.05) is 23.8 Å². The fraction of sp³-hybridized carbons (Fsp3) is 0.714. The Bertz CT molecular complexity index is 347. The van der Waals surface area contributed by atoms with Gasteiger partial charge in [0.15, 0.2) is 0 Å². The average molecular weight is 250 g/mol. The third kappa shape index (κ3) is 3.86. The van der Waals surface area contributed by atoms with Gasteiger partial charge < -0.3 is 10.2 Å². The zero-order valence-corrected chi connectivity index (χ0v) is 12.3. The first-order valence-electron chi connectivity index (χ1n) is 6.88. The van der Waals surface area contributed by atoms with Crippen LogP contribution in [0.15, 0.2) is 12.4 Å². The second-order valence-electron chi connectivity index (χ2n) is 5.03. The van der Waals surface area contributed by atoms with Gasteiger partial charge in [0.2, 0.25) is 0 Å². The van der Waals surface area contributed by atoms with Crippen LogP contribution in [-0.2, 0) is 0 Å². The Morgan fingerprint density at radius 3 is 2.39 bits per heavy atom. The highest BCUT2D eigenvalue weighted by molar-refractivity contribution is 5.48. The van der Waals surface area contributed by atoms with Crippen LogP contribution in [0.1, 0.15) is 40.5 Å². The standard InChI is InChI=1S/C14H26N4/c1-6-12(7-2)18(9-11(3)4)14-8-13(15-5)16-10-17-14/h8,10-12H,6-7,9H2,1-5H3,(H,15,16,17). The van der Waals surface area contributed by atoms with Crippen LogP contribution in [0.5, 0.6) is 0 Å². The molecule has 1 rings (SSSR count). The molecule has 0 radical (unpaired) electrons. The van der Waals surface area contributed by atoms with Crippen molar-refractivity contribution < 1.29 is 0 Å². The molecule has 0 aromatic carbocycles. The van der Waals surface area contributed by atoms with Crippen LogP contribution < -0.4 is 10.2 Å². The van der Waals surface area contributed by atoms with Gasteiger partial charge in [0, 0.05) is 25.7 Å². The lowest BCUT2D eigenvalue weighted by atomic mass is 10.1. The number of hydrogen-bond acceptors (Lipinski definition) is 4. The molecule has 0 bridgehead atoms. The molecule has 0 fully saturated rings. The Morgan fingerprint density at radius 2 is 1.89 bits per heavy atom. The maximum Gasteiger partial charge on any atom is 0.134 e. The van der Waals surface area contributed by atoms with Gasteiger partial charge >= 0.3 is 0 Å². The van der Waals surface area contributed by atoms with Crippen LogP contribution in [0.25, 0.3) is 0 Å². The molecule has 1 N–H and O–H groups in total. The SMILES string of the molecule is CCC(CC)N(CC(C)C)c1cc(NC)ncn1. The summed E-state index contributed by atoms with van der Waals surface area (Å²) < 4.78 is 0. The number of hydrogen-bond donors (Lipinski definition) is 1. The van der Waals surface area contributed by atoms with Crippen molar-refractivity contribution in [1.29, 1.82) is 0 Å². The first kappa shape index (κ1) is 14.7. The molecule has 0 unspecified atom stereocenters. The van der Waals surface area contributed by atoms with E-state index < -0.39 is 0 Å². The summed E-state index contributed by atoms with van der Waals surface area (Å²) in [5, 5.41) is 3.07. The van der Waals surface area contributed by atoms with Gasteiger partial charge in [-0.25, -0.2) is 9.97 Å². The number of anilines is 2. The number of aromatic nitrogens is 2. The van der Waals surface area contributed by atoms with Crippen molar-refractivity contribution in [2.24, 2.45) is 5.92 Å². The summed E-state index contributed by atoms with van der Waals surface area (Å²) >= 11 is 0. The molecule has 0 saturated carbocycles. The summed E-state index contributed by atoms with van der Waals surface area (Å²) in [4.78, 5) is 11.0. The van der Waals surface area contributed by atoms with E-state index in [-0.39, 0.29) is 0 Å². The molecule has 0 aliphatic heterocycles. The van der Waals surface area contributed by atoms with Gasteiger partial charge in [-0.3, -0.25) is 0 Å². The van der Waals surface area contributed by atoms with Gasteiger partial charge in [0.05, 0.1) is 0 Å². The van der Waals surface area contributed by atoms with Crippen LogP contribution in [0.4, 0.5) is 11.6 Å². The van der Waals surface area contributed by atoms with Crippen LogP contribution in [0.3, 0.4) is 0 Å². The molecule has 102 valence electrons. The van der Waals surface area contributed by atoms with E-state index in [4.69, 9.17) is 0 Å². The van der Waals surface area contributed by atoms with E-state index in [1.165, 1.54) is 0 Å². The lowest BCUT2D eigenvalue weighted by Crippen LogP contribution is -2.38. The fourth-order valence-corrected chi connectivity index (χ4v) is 2.19. The van der Waals surface area contributed by atoms with Crippen LogP contribution in [0.2, 0.25) is 0 Å². The summed E-state index contributed by atoms with van der Waals surface area (Å²) in [7, 11) is 1.88. The molecule has 1 heterocycles. The lowest BCUT2D eigenvalue weighted by Gasteiger charge is -2.33. The highest BCUT2D eigenvalue weighted by Crippen LogP contribution is 2.21. The summed E-state index contributed by atoms with van der Waals surface area (Å²) in [5.41, 5.74) is 0. The molecule has 0 aliphatic rings. The van der Waals surface area contributed by atoms with Crippen LogP contribution >= 0.6 is 0 Å². The topological polar surface area (TPSA) is 41.0 Å². The maximum absolute atomic E-state index is 4.43. The summed E-state index contributed by atoms with van der Waals surface area (Å²) in [6.45, 7) is 10.0. The molecular formula is C14H26N4. The van der Waals surface area contributed by atoms with E-state index in [1.807, 2.05) is 13.1 Å². The maximum atomic E-state index is 4.43. The van der Waals surface area contributed by atoms with Gasteiger partial charge in [-0.15, -0.1) is 0 Å². The first-order chi connectivity index (χ1) is 8.62. The lowest BCUT2D eigenvalue weighted by molar-refractivity contribution is 0.503. The Kier molecular flexibility index (Phi) is 5.89. The second-order valence-corrected chi connectivity index (χ2v) is 5.03. The smallest absolute Gasteiger partial charge is 0.134 e. The predicted molar refractivity (Wildman–Crippen MR) is 78.1 cm³/mol. The van der Waals surface area contributed by atoms with Gasteiger partial charge in [0.25, 0.3) is 0 Å². The monoisotopic (exact) mass is 250 g/mol. The molecule has 0 aliphatic carbocycles. The molecule has 1 aromatic rings. The zero-order chi connectivity index (χ0) is 13.5. The van der Waals surface area contributed by atoms with Gasteiger partial charge in [0.1, 0.15) is 18.0 Å². The van der Waals surface area contributed by atoms with E-state index in [1.54, 1.807) is 6.33 Å². The molecule has 0 amide bonds. The molecular weight excluding hydrogens is 224 g/mol. The second kappa shape index (κ2) is 7.19. The van der Waals surface area contributed by atoms with Crippen molar-refractivity contribution in [3.8, 4) is 0 Å². The van der Waals surface area contributed by atoms with E-state index in [9.17, 15) is 0 Å². The largest absolute Gasteiger partial charge is 0.373 e. The van der Waals surface area contributed by atoms with Gasteiger partial charge in [-0.2, -0.15) is 0 Å². The Balaban J connectivity index is 2.99. The highest BCUT2D eigenvalue weighted by atomic mass is 15.2. The predicted octanol–water partition coefficient (Wildman–Crippen LogP) is 3.17. The summed E-state index contributed by atoms with van der Waals surface area (Å²) in [6.07, 6.45) is 3.92. The minimum Gasteiger partial charge on any atom is -0.373 e. The Labute approximate surface area is 111 Å². The first-order valence-corrected chi connectivity index (χ1v) is 6.88. The molecule has 0 saturated heterocycles. The van der Waals surface area contributed by atoms with Crippen molar-refractivity contribution >= 4 is 11.6 Å². The molecule has 0 atom stereocenters. The van der Waals surface area contributed by atoms with Gasteiger partial charge in [-0.1, -0.05) is 27.7 Å². The minimum absolute atomic E-state index is 0.548. The Hall–Kier alpha value is -1.32. The van der Waals surface area contributed by atoms with Crippen molar-refractivity contribution in [1.82, 2.24) is 9.97 Å². The number of nitrogens with one attached hydrogen (secondary N) is 1. The zero-order valence-electron chi connectivity index (χ0n) is 12.3. The van der Waals surface area contributed by atoms with Crippen molar-refractivity contribution in [3.63, 3.8) is 0 Å². The summed E-state index contributed by atoms with van der Waals surface area (Å²) in [5.74, 6) is 2.52. The minimum atomic E-state index is 0.548. The number of nitrogens with zero attached hydrogens (tertiary/aromatic N) is 3. The summed E-state index contributed by atoms with van der Waals surface area (Å²) in [6, 6.07) is 2.58. The molecule has 0 spiro atoms. The highest BCUT2D eigenvalue weighted by Gasteiger charge is 2.18. The van der Waals surface area contributed by atoms with E-state index in [0.29, 0.717) is 12.0 Å². The van der Waals surface area contributed by atoms with Crippen LogP contribution in [-0.4, -0.2) is 29.6 Å². The molecule has 18 heavy (non-hydrogen) atoms. The van der Waals surface area contributed by atoms with E-state index in [2.05, 4.69) is 47.9 Å².